The summed E-state index contributed by atoms with van der Waals surface area (Å²) < 4.78 is 16.6. The van der Waals surface area contributed by atoms with Crippen molar-refractivity contribution >= 4 is 17.9 Å². The Morgan fingerprint density at radius 3 is 0.984 bits per heavy atom. The average Bonchev–Trinajstić information content (AvgIpc) is 3.27. The van der Waals surface area contributed by atoms with Crippen molar-refractivity contribution in [1.29, 1.82) is 0 Å². The topological polar surface area (TPSA) is 78.9 Å². The van der Waals surface area contributed by atoms with Gasteiger partial charge in [0.25, 0.3) is 0 Å². The predicted octanol–water partition coefficient (Wildman–Crippen LogP) is 17.3. The van der Waals surface area contributed by atoms with Gasteiger partial charge in [0.2, 0.25) is 0 Å². The Labute approximate surface area is 383 Å². The van der Waals surface area contributed by atoms with Crippen molar-refractivity contribution in [3.8, 4) is 0 Å². The van der Waals surface area contributed by atoms with Crippen molar-refractivity contribution in [2.24, 2.45) is 0 Å². The summed E-state index contributed by atoms with van der Waals surface area (Å²) in [5.74, 6) is -0.886. The van der Waals surface area contributed by atoms with Crippen LogP contribution in [0.1, 0.15) is 258 Å². The minimum absolute atomic E-state index is 0.0712. The molecular formula is C56H98O6. The Hall–Kier alpha value is -2.89. The summed E-state index contributed by atoms with van der Waals surface area (Å²) >= 11 is 0. The Bertz CT molecular complexity index is 1130. The van der Waals surface area contributed by atoms with E-state index in [0.717, 1.165) is 96.3 Å². The highest BCUT2D eigenvalue weighted by atomic mass is 16.6. The molecule has 0 saturated heterocycles. The van der Waals surface area contributed by atoms with Gasteiger partial charge in [0.15, 0.2) is 6.10 Å². The van der Waals surface area contributed by atoms with E-state index in [1.807, 2.05) is 0 Å². The summed E-state index contributed by atoms with van der Waals surface area (Å²) in [6, 6.07) is 0. The van der Waals surface area contributed by atoms with Gasteiger partial charge in [0.1, 0.15) is 13.2 Å². The van der Waals surface area contributed by atoms with Crippen molar-refractivity contribution in [2.75, 3.05) is 13.2 Å². The number of allylic oxidation sites excluding steroid dienone is 10. The van der Waals surface area contributed by atoms with Crippen LogP contribution in [-0.2, 0) is 28.6 Å². The van der Waals surface area contributed by atoms with Crippen LogP contribution in [0.5, 0.6) is 0 Å². The molecule has 0 aromatic heterocycles. The van der Waals surface area contributed by atoms with Gasteiger partial charge in [-0.2, -0.15) is 0 Å². The smallest absolute Gasteiger partial charge is 0.306 e. The number of ether oxygens (including phenoxy) is 3. The number of rotatable bonds is 47. The van der Waals surface area contributed by atoms with Gasteiger partial charge in [-0.15, -0.1) is 0 Å². The van der Waals surface area contributed by atoms with Crippen LogP contribution in [0.3, 0.4) is 0 Å². The highest BCUT2D eigenvalue weighted by Crippen LogP contribution is 2.16. The maximum Gasteiger partial charge on any atom is 0.306 e. The van der Waals surface area contributed by atoms with Crippen molar-refractivity contribution in [3.05, 3.63) is 60.8 Å². The summed E-state index contributed by atoms with van der Waals surface area (Å²) in [6.07, 6.45) is 62.8. The molecule has 0 spiro atoms. The van der Waals surface area contributed by atoms with Crippen LogP contribution in [0.15, 0.2) is 60.8 Å². The zero-order valence-corrected chi connectivity index (χ0v) is 40.9. The number of carbonyl (C=O) groups is 3. The molecule has 0 rings (SSSR count). The van der Waals surface area contributed by atoms with Crippen LogP contribution in [0, 0.1) is 0 Å². The largest absolute Gasteiger partial charge is 0.462 e. The molecule has 0 heterocycles. The Balaban J connectivity index is 3.88. The summed E-state index contributed by atoms with van der Waals surface area (Å²) in [5, 5.41) is 0. The summed E-state index contributed by atoms with van der Waals surface area (Å²) in [7, 11) is 0. The normalized spacial score (nSPS) is 12.5. The van der Waals surface area contributed by atoms with Gasteiger partial charge in [-0.05, 0) is 64.2 Å². The van der Waals surface area contributed by atoms with Crippen molar-refractivity contribution in [2.45, 2.75) is 264 Å². The molecule has 0 bridgehead atoms. The SMILES string of the molecule is CC/C=C\C/C=C\C/C=C\C/C=C\C/C=C\CCCCCCCCCCCCCCCCCC(=O)OCC(COC(=O)CCCCCCC)OC(=O)CCCCCCCCCC. The second-order valence-electron chi connectivity index (χ2n) is 17.4. The van der Waals surface area contributed by atoms with Crippen LogP contribution in [0.4, 0.5) is 0 Å². The van der Waals surface area contributed by atoms with Gasteiger partial charge in [-0.25, -0.2) is 0 Å². The first-order chi connectivity index (χ1) is 30.5. The molecule has 0 aromatic rings. The maximum absolute atomic E-state index is 12.6. The number of esters is 3. The maximum atomic E-state index is 12.6. The minimum atomic E-state index is -0.763. The van der Waals surface area contributed by atoms with Gasteiger partial charge in [-0.1, -0.05) is 236 Å². The molecule has 0 amide bonds. The van der Waals surface area contributed by atoms with Crippen LogP contribution in [-0.4, -0.2) is 37.2 Å². The van der Waals surface area contributed by atoms with Gasteiger partial charge in [0.05, 0.1) is 0 Å². The molecule has 62 heavy (non-hydrogen) atoms. The number of hydrogen-bond acceptors (Lipinski definition) is 6. The zero-order valence-electron chi connectivity index (χ0n) is 40.9. The number of hydrogen-bond donors (Lipinski definition) is 0. The zero-order chi connectivity index (χ0) is 45.1. The van der Waals surface area contributed by atoms with E-state index in [1.54, 1.807) is 0 Å². The van der Waals surface area contributed by atoms with E-state index in [2.05, 4.69) is 81.5 Å². The van der Waals surface area contributed by atoms with Gasteiger partial charge in [0, 0.05) is 19.3 Å². The molecule has 1 atom stereocenters. The van der Waals surface area contributed by atoms with Crippen LogP contribution in [0.25, 0.3) is 0 Å². The fraction of sp³-hybridized carbons (Fsp3) is 0.768. The van der Waals surface area contributed by atoms with Gasteiger partial charge in [-0.3, -0.25) is 14.4 Å². The molecule has 0 aliphatic heterocycles. The van der Waals surface area contributed by atoms with Crippen molar-refractivity contribution < 1.29 is 28.6 Å². The van der Waals surface area contributed by atoms with E-state index in [1.165, 1.54) is 122 Å². The summed E-state index contributed by atoms with van der Waals surface area (Å²) in [5.41, 5.74) is 0. The molecule has 6 heteroatoms. The fourth-order valence-corrected chi connectivity index (χ4v) is 7.35. The molecular weight excluding hydrogens is 769 g/mol. The van der Waals surface area contributed by atoms with Gasteiger partial charge >= 0.3 is 17.9 Å². The molecule has 0 aliphatic rings. The Morgan fingerprint density at radius 2 is 0.629 bits per heavy atom. The summed E-state index contributed by atoms with van der Waals surface area (Å²) in [4.78, 5) is 37.4. The first kappa shape index (κ1) is 59.1. The number of unbranched alkanes of at least 4 members (excludes halogenated alkanes) is 26. The summed E-state index contributed by atoms with van der Waals surface area (Å²) in [6.45, 7) is 6.41. The van der Waals surface area contributed by atoms with E-state index in [9.17, 15) is 14.4 Å². The van der Waals surface area contributed by atoms with Crippen LogP contribution < -0.4 is 0 Å². The quantitative estimate of drug-likeness (QED) is 0.0262. The lowest BCUT2D eigenvalue weighted by Crippen LogP contribution is -2.30. The van der Waals surface area contributed by atoms with Gasteiger partial charge < -0.3 is 14.2 Å². The molecule has 0 saturated carbocycles. The lowest BCUT2D eigenvalue weighted by Gasteiger charge is -2.18. The van der Waals surface area contributed by atoms with Crippen LogP contribution >= 0.6 is 0 Å². The molecule has 0 aliphatic carbocycles. The average molecular weight is 867 g/mol. The molecule has 0 radical (unpaired) electrons. The third kappa shape index (κ3) is 48.1. The minimum Gasteiger partial charge on any atom is -0.462 e. The lowest BCUT2D eigenvalue weighted by molar-refractivity contribution is -0.167. The van der Waals surface area contributed by atoms with Crippen LogP contribution in [0.2, 0.25) is 0 Å². The Morgan fingerprint density at radius 1 is 0.339 bits per heavy atom. The second-order valence-corrected chi connectivity index (χ2v) is 17.4. The van der Waals surface area contributed by atoms with Crippen molar-refractivity contribution in [3.63, 3.8) is 0 Å². The molecule has 1 unspecified atom stereocenters. The first-order valence-corrected chi connectivity index (χ1v) is 26.3. The lowest BCUT2D eigenvalue weighted by atomic mass is 10.0. The van der Waals surface area contributed by atoms with E-state index in [0.29, 0.717) is 19.3 Å². The highest BCUT2D eigenvalue weighted by Gasteiger charge is 2.19. The highest BCUT2D eigenvalue weighted by molar-refractivity contribution is 5.71. The molecule has 358 valence electrons. The fourth-order valence-electron chi connectivity index (χ4n) is 7.35. The molecule has 0 N–H and O–H groups in total. The first-order valence-electron chi connectivity index (χ1n) is 26.3. The predicted molar refractivity (Wildman–Crippen MR) is 265 cm³/mol. The van der Waals surface area contributed by atoms with E-state index >= 15 is 0 Å². The third-order valence-electron chi connectivity index (χ3n) is 11.3. The van der Waals surface area contributed by atoms with E-state index in [-0.39, 0.29) is 31.1 Å². The molecule has 0 aromatic carbocycles. The Kier molecular flexibility index (Phi) is 48.4. The second kappa shape index (κ2) is 50.8. The van der Waals surface area contributed by atoms with Crippen molar-refractivity contribution in [1.82, 2.24) is 0 Å². The monoisotopic (exact) mass is 867 g/mol. The standard InChI is InChI=1S/C56H98O6/c1-4-7-10-13-15-17-18-19-20-21-22-23-24-25-26-27-28-29-30-31-32-33-34-35-36-37-38-39-41-43-46-49-55(58)61-52-53(51-60-54(57)48-45-42-12-9-6-3)62-56(59)50-47-44-40-16-14-11-8-5-2/h7,10,15,17,19-20,22-23,25-26,53H,4-6,8-9,11-14,16,18,21,24,27-52H2,1-3H3/b10-7-,17-15-,20-19-,23-22-,26-25-. The number of carbonyl (C=O) groups excluding carboxylic acids is 3. The molecule has 6 nitrogen and oxygen atoms in total. The van der Waals surface area contributed by atoms with E-state index < -0.39 is 6.10 Å². The third-order valence-corrected chi connectivity index (χ3v) is 11.3. The molecule has 0 fully saturated rings. The van der Waals surface area contributed by atoms with E-state index in [4.69, 9.17) is 14.2 Å².